The standard InChI is InChI=1S/C11H10F2/c12-8-4-7-11(13)9-10-5-2-1-3-6-10/h1-3,5-8,11H,9H2. The van der Waals surface area contributed by atoms with Gasteiger partial charge in [0, 0.05) is 6.42 Å². The molecule has 68 valence electrons. The first-order valence-electron chi connectivity index (χ1n) is 4.02. The van der Waals surface area contributed by atoms with Crippen molar-refractivity contribution in [1.29, 1.82) is 0 Å². The Hall–Kier alpha value is -1.40. The molecule has 0 saturated carbocycles. The van der Waals surface area contributed by atoms with E-state index in [1.54, 1.807) is 0 Å². The maximum absolute atomic E-state index is 13.0. The Bertz CT molecular complexity index is 297. The van der Waals surface area contributed by atoms with Gasteiger partial charge in [-0.3, -0.25) is 0 Å². The number of benzene rings is 1. The molecule has 1 aromatic rings. The van der Waals surface area contributed by atoms with Gasteiger partial charge in [-0.05, 0) is 11.6 Å². The zero-order valence-corrected chi connectivity index (χ0v) is 7.08. The number of halogens is 2. The molecule has 0 amide bonds. The fourth-order valence-electron chi connectivity index (χ4n) is 1.04. The smallest absolute Gasteiger partial charge is 0.130 e. The Morgan fingerprint density at radius 1 is 1.31 bits per heavy atom. The molecule has 0 radical (unpaired) electrons. The molecule has 0 bridgehead atoms. The van der Waals surface area contributed by atoms with E-state index < -0.39 is 6.17 Å². The molecule has 0 nitrogen and oxygen atoms in total. The first kappa shape index (κ1) is 9.69. The fourth-order valence-corrected chi connectivity index (χ4v) is 1.04. The van der Waals surface area contributed by atoms with Gasteiger partial charge in [-0.15, -0.1) is 0 Å². The first-order chi connectivity index (χ1) is 6.33. The Kier molecular flexibility index (Phi) is 3.94. The van der Waals surface area contributed by atoms with E-state index in [2.05, 4.69) is 5.73 Å². The Balaban J connectivity index is 2.55. The number of rotatable bonds is 3. The predicted molar refractivity (Wildman–Crippen MR) is 48.8 cm³/mol. The molecular formula is C11H10F2. The molecule has 0 spiro atoms. The molecule has 1 atom stereocenters. The average molecular weight is 180 g/mol. The third-order valence-corrected chi connectivity index (χ3v) is 1.61. The number of alkyl halides is 1. The van der Waals surface area contributed by atoms with E-state index in [1.807, 2.05) is 30.3 Å². The van der Waals surface area contributed by atoms with Gasteiger partial charge >= 0.3 is 0 Å². The summed E-state index contributed by atoms with van der Waals surface area (Å²) in [6.07, 6.45) is 0.376. The van der Waals surface area contributed by atoms with Crippen LogP contribution in [-0.2, 0) is 6.42 Å². The van der Waals surface area contributed by atoms with Crippen LogP contribution in [-0.4, -0.2) is 6.17 Å². The van der Waals surface area contributed by atoms with Gasteiger partial charge in [-0.25, -0.2) is 8.78 Å². The lowest BCUT2D eigenvalue weighted by molar-refractivity contribution is 0.398. The summed E-state index contributed by atoms with van der Waals surface area (Å²) in [6, 6.07) is 9.22. The zero-order chi connectivity index (χ0) is 9.52. The summed E-state index contributed by atoms with van der Waals surface area (Å²) in [7, 11) is 0. The highest BCUT2D eigenvalue weighted by molar-refractivity contribution is 5.16. The summed E-state index contributed by atoms with van der Waals surface area (Å²) in [5.41, 5.74) is 2.97. The predicted octanol–water partition coefficient (Wildman–Crippen LogP) is 3.21. The summed E-state index contributed by atoms with van der Waals surface area (Å²) in [4.78, 5) is 0. The van der Waals surface area contributed by atoms with Crippen LogP contribution in [0.25, 0.3) is 0 Å². The van der Waals surface area contributed by atoms with Gasteiger partial charge in [-0.1, -0.05) is 36.1 Å². The molecule has 1 aromatic carbocycles. The minimum Gasteiger partial charge on any atom is -0.242 e. The third kappa shape index (κ3) is 3.68. The first-order valence-corrected chi connectivity index (χ1v) is 4.02. The van der Waals surface area contributed by atoms with Crippen LogP contribution in [0.5, 0.6) is 0 Å². The average Bonchev–Trinajstić information content (AvgIpc) is 2.16. The van der Waals surface area contributed by atoms with E-state index >= 15 is 0 Å². The second-order valence-corrected chi connectivity index (χ2v) is 2.65. The highest BCUT2D eigenvalue weighted by atomic mass is 19.1. The van der Waals surface area contributed by atoms with Crippen LogP contribution in [0.15, 0.2) is 48.5 Å². The molecule has 1 rings (SSSR count). The van der Waals surface area contributed by atoms with E-state index in [0.717, 1.165) is 11.6 Å². The van der Waals surface area contributed by atoms with Crippen molar-refractivity contribution in [2.75, 3.05) is 0 Å². The van der Waals surface area contributed by atoms with Crippen LogP contribution in [0, 0.1) is 0 Å². The van der Waals surface area contributed by atoms with Crippen molar-refractivity contribution in [3.8, 4) is 0 Å². The molecule has 0 N–H and O–H groups in total. The van der Waals surface area contributed by atoms with Gasteiger partial charge in [-0.2, -0.15) is 0 Å². The van der Waals surface area contributed by atoms with E-state index in [1.165, 1.54) is 0 Å². The van der Waals surface area contributed by atoms with E-state index in [-0.39, 0.29) is 12.8 Å². The SMILES string of the molecule is FC=C=CC(F)Cc1ccccc1. The molecule has 2 heteroatoms. The molecular weight excluding hydrogens is 170 g/mol. The molecule has 0 fully saturated rings. The molecule has 0 aromatic heterocycles. The molecule has 0 aliphatic heterocycles. The minimum atomic E-state index is -1.17. The Morgan fingerprint density at radius 3 is 2.62 bits per heavy atom. The van der Waals surface area contributed by atoms with Crippen molar-refractivity contribution in [3.63, 3.8) is 0 Å². The molecule has 0 heterocycles. The van der Waals surface area contributed by atoms with E-state index in [4.69, 9.17) is 0 Å². The van der Waals surface area contributed by atoms with Crippen molar-refractivity contribution in [2.45, 2.75) is 12.6 Å². The Morgan fingerprint density at radius 2 is 2.00 bits per heavy atom. The second-order valence-electron chi connectivity index (χ2n) is 2.65. The topological polar surface area (TPSA) is 0 Å². The maximum Gasteiger partial charge on any atom is 0.130 e. The lowest BCUT2D eigenvalue weighted by atomic mass is 10.1. The normalized spacial score (nSPS) is 11.5. The zero-order valence-electron chi connectivity index (χ0n) is 7.08. The highest BCUT2D eigenvalue weighted by Gasteiger charge is 2.01. The Labute approximate surface area is 76.2 Å². The van der Waals surface area contributed by atoms with Crippen LogP contribution >= 0.6 is 0 Å². The van der Waals surface area contributed by atoms with E-state index in [9.17, 15) is 8.78 Å². The summed E-state index contributed by atoms with van der Waals surface area (Å²) in [5, 5.41) is 0. The number of allylic oxidation sites excluding steroid dienone is 1. The van der Waals surface area contributed by atoms with E-state index in [0.29, 0.717) is 0 Å². The quantitative estimate of drug-likeness (QED) is 0.626. The van der Waals surface area contributed by atoms with Crippen molar-refractivity contribution in [1.82, 2.24) is 0 Å². The van der Waals surface area contributed by atoms with Gasteiger partial charge < -0.3 is 0 Å². The van der Waals surface area contributed by atoms with Gasteiger partial charge in [0.25, 0.3) is 0 Å². The lowest BCUT2D eigenvalue weighted by Gasteiger charge is -2.00. The minimum absolute atomic E-state index is 0.206. The van der Waals surface area contributed by atoms with Gasteiger partial charge in [0.1, 0.15) is 12.5 Å². The van der Waals surface area contributed by atoms with Crippen molar-refractivity contribution < 1.29 is 8.78 Å². The third-order valence-electron chi connectivity index (χ3n) is 1.61. The number of hydrogen-bond acceptors (Lipinski definition) is 0. The molecule has 13 heavy (non-hydrogen) atoms. The van der Waals surface area contributed by atoms with Crippen LogP contribution in [0.1, 0.15) is 5.56 Å². The largest absolute Gasteiger partial charge is 0.242 e. The monoisotopic (exact) mass is 180 g/mol. The van der Waals surface area contributed by atoms with Crippen molar-refractivity contribution in [2.24, 2.45) is 0 Å². The van der Waals surface area contributed by atoms with Gasteiger partial charge in [0.2, 0.25) is 0 Å². The highest BCUT2D eigenvalue weighted by Crippen LogP contribution is 2.06. The molecule has 1 unspecified atom stereocenters. The van der Waals surface area contributed by atoms with Crippen LogP contribution in [0.3, 0.4) is 0 Å². The maximum atomic E-state index is 13.0. The summed E-state index contributed by atoms with van der Waals surface area (Å²) >= 11 is 0. The van der Waals surface area contributed by atoms with Gasteiger partial charge in [0.15, 0.2) is 0 Å². The summed E-state index contributed by atoms with van der Waals surface area (Å²) in [5.74, 6) is 0. The van der Waals surface area contributed by atoms with Crippen LogP contribution in [0.4, 0.5) is 8.78 Å². The van der Waals surface area contributed by atoms with Crippen LogP contribution < -0.4 is 0 Å². The summed E-state index contributed by atoms with van der Waals surface area (Å²) in [6.45, 7) is 0. The second kappa shape index (κ2) is 5.28. The van der Waals surface area contributed by atoms with Gasteiger partial charge in [0.05, 0.1) is 0 Å². The summed E-state index contributed by atoms with van der Waals surface area (Å²) < 4.78 is 24.4. The van der Waals surface area contributed by atoms with Crippen molar-refractivity contribution in [3.05, 3.63) is 54.0 Å². The molecule has 0 aliphatic rings. The number of hydrogen-bond donors (Lipinski definition) is 0. The molecule has 0 aliphatic carbocycles. The van der Waals surface area contributed by atoms with Crippen LogP contribution in [0.2, 0.25) is 0 Å². The fraction of sp³-hybridized carbons (Fsp3) is 0.182. The molecule has 0 saturated heterocycles. The van der Waals surface area contributed by atoms with Crippen molar-refractivity contribution >= 4 is 0 Å². The lowest BCUT2D eigenvalue weighted by Crippen LogP contribution is -1.99.